The second-order valence-electron chi connectivity index (χ2n) is 9.95. The molecular weight excluding hydrogens is 368 g/mol. The molecule has 29 heavy (non-hydrogen) atoms. The highest BCUT2D eigenvalue weighted by Crippen LogP contribution is 2.38. The molecule has 7 heteroatoms. The third-order valence-electron chi connectivity index (χ3n) is 8.04. The lowest BCUT2D eigenvalue weighted by Crippen LogP contribution is -2.62. The van der Waals surface area contributed by atoms with Gasteiger partial charge in [-0.15, -0.1) is 0 Å². The van der Waals surface area contributed by atoms with Crippen LogP contribution in [0.1, 0.15) is 57.8 Å². The SMILES string of the molecule is O=C(NC1CCN(C(=O)N2C[C@H]3C[C@H](C2)[C@H]2CCCC(=O)N2C3)CC1)C1CCC1. The van der Waals surface area contributed by atoms with Crippen LogP contribution in [-0.2, 0) is 9.59 Å². The lowest BCUT2D eigenvalue weighted by Gasteiger charge is -2.53. The monoisotopic (exact) mass is 402 g/mol. The molecule has 0 aromatic rings. The molecule has 1 aliphatic carbocycles. The predicted octanol–water partition coefficient (Wildman–Crippen LogP) is 1.82. The third-order valence-corrected chi connectivity index (χ3v) is 8.04. The molecule has 4 heterocycles. The minimum atomic E-state index is 0.166. The fourth-order valence-electron chi connectivity index (χ4n) is 6.17. The van der Waals surface area contributed by atoms with E-state index in [1.54, 1.807) is 0 Å². The maximum atomic E-state index is 13.2. The summed E-state index contributed by atoms with van der Waals surface area (Å²) in [5.41, 5.74) is 0. The summed E-state index contributed by atoms with van der Waals surface area (Å²) in [5.74, 6) is 1.64. The number of amides is 4. The number of piperidine rings is 4. The van der Waals surface area contributed by atoms with Crippen molar-refractivity contribution >= 4 is 17.8 Å². The lowest BCUT2D eigenvalue weighted by molar-refractivity contribution is -0.144. The zero-order chi connectivity index (χ0) is 20.0. The van der Waals surface area contributed by atoms with Crippen molar-refractivity contribution in [2.45, 2.75) is 69.9 Å². The molecule has 0 aromatic carbocycles. The van der Waals surface area contributed by atoms with E-state index >= 15 is 0 Å². The van der Waals surface area contributed by atoms with Gasteiger partial charge >= 0.3 is 6.03 Å². The van der Waals surface area contributed by atoms with Crippen molar-refractivity contribution in [2.75, 3.05) is 32.7 Å². The molecule has 3 atom stereocenters. The van der Waals surface area contributed by atoms with Gasteiger partial charge in [-0.05, 0) is 56.8 Å². The van der Waals surface area contributed by atoms with Crippen molar-refractivity contribution in [3.63, 3.8) is 0 Å². The Morgan fingerprint density at radius 3 is 2.41 bits per heavy atom. The van der Waals surface area contributed by atoms with Crippen molar-refractivity contribution in [1.29, 1.82) is 0 Å². The molecule has 4 aliphatic heterocycles. The van der Waals surface area contributed by atoms with E-state index in [2.05, 4.69) is 15.1 Å². The number of carbonyl (C=O) groups excluding carboxylic acids is 3. The van der Waals surface area contributed by atoms with Crippen molar-refractivity contribution in [3.8, 4) is 0 Å². The molecular formula is C22H34N4O3. The topological polar surface area (TPSA) is 73.0 Å². The molecule has 0 aromatic heterocycles. The van der Waals surface area contributed by atoms with E-state index in [1.807, 2.05) is 4.90 Å². The van der Waals surface area contributed by atoms with E-state index in [4.69, 9.17) is 0 Å². The molecule has 4 saturated heterocycles. The highest BCUT2D eigenvalue weighted by atomic mass is 16.2. The maximum Gasteiger partial charge on any atom is 0.320 e. The van der Waals surface area contributed by atoms with Crippen LogP contribution in [0, 0.1) is 17.8 Å². The Morgan fingerprint density at radius 1 is 0.897 bits per heavy atom. The molecule has 0 spiro atoms. The molecule has 0 radical (unpaired) electrons. The Balaban J connectivity index is 1.14. The largest absolute Gasteiger partial charge is 0.353 e. The molecule has 5 aliphatic rings. The number of carbonyl (C=O) groups is 3. The molecule has 1 N–H and O–H groups in total. The molecule has 1 saturated carbocycles. The van der Waals surface area contributed by atoms with Gasteiger partial charge in [0.25, 0.3) is 0 Å². The van der Waals surface area contributed by atoms with Crippen molar-refractivity contribution in [2.24, 2.45) is 17.8 Å². The summed E-state index contributed by atoms with van der Waals surface area (Å²) < 4.78 is 0. The average molecular weight is 403 g/mol. The van der Waals surface area contributed by atoms with E-state index in [-0.39, 0.29) is 23.9 Å². The van der Waals surface area contributed by atoms with Gasteiger partial charge in [0, 0.05) is 57.1 Å². The summed E-state index contributed by atoms with van der Waals surface area (Å²) in [5, 5.41) is 3.20. The van der Waals surface area contributed by atoms with Crippen molar-refractivity contribution in [1.82, 2.24) is 20.0 Å². The van der Waals surface area contributed by atoms with Crippen molar-refractivity contribution < 1.29 is 14.4 Å². The first-order valence-corrected chi connectivity index (χ1v) is 11.7. The van der Waals surface area contributed by atoms with Gasteiger partial charge in [-0.2, -0.15) is 0 Å². The molecule has 7 nitrogen and oxygen atoms in total. The van der Waals surface area contributed by atoms with Gasteiger partial charge < -0.3 is 20.0 Å². The van der Waals surface area contributed by atoms with Gasteiger partial charge in [-0.1, -0.05) is 6.42 Å². The van der Waals surface area contributed by atoms with Gasteiger partial charge in [0.05, 0.1) is 0 Å². The Hall–Kier alpha value is -1.79. The molecule has 5 rings (SSSR count). The van der Waals surface area contributed by atoms with E-state index in [0.717, 1.165) is 77.7 Å². The zero-order valence-corrected chi connectivity index (χ0v) is 17.4. The van der Waals surface area contributed by atoms with Gasteiger partial charge in [-0.25, -0.2) is 4.79 Å². The average Bonchev–Trinajstić information content (AvgIpc) is 2.67. The van der Waals surface area contributed by atoms with E-state index in [1.165, 1.54) is 6.42 Å². The first-order valence-electron chi connectivity index (χ1n) is 11.7. The Labute approximate surface area is 173 Å². The van der Waals surface area contributed by atoms with Gasteiger partial charge in [0.15, 0.2) is 0 Å². The minimum absolute atomic E-state index is 0.166. The zero-order valence-electron chi connectivity index (χ0n) is 17.4. The minimum Gasteiger partial charge on any atom is -0.353 e. The normalized spacial score (nSPS) is 33.2. The summed E-state index contributed by atoms with van der Waals surface area (Å²) >= 11 is 0. The molecule has 2 bridgehead atoms. The number of nitrogens with zero attached hydrogens (tertiary/aromatic N) is 3. The van der Waals surface area contributed by atoms with Crippen LogP contribution in [0.5, 0.6) is 0 Å². The number of rotatable bonds is 2. The number of fused-ring (bicyclic) bond motifs is 4. The third kappa shape index (κ3) is 3.73. The first kappa shape index (κ1) is 19.2. The fraction of sp³-hybridized carbons (Fsp3) is 0.864. The van der Waals surface area contributed by atoms with E-state index in [9.17, 15) is 14.4 Å². The van der Waals surface area contributed by atoms with Crippen LogP contribution >= 0.6 is 0 Å². The number of nitrogens with one attached hydrogen (secondary N) is 1. The summed E-state index contributed by atoms with van der Waals surface area (Å²) in [4.78, 5) is 43.8. The molecule has 4 amide bonds. The second kappa shape index (κ2) is 7.80. The molecule has 5 fully saturated rings. The quantitative estimate of drug-likeness (QED) is 0.766. The standard InChI is InChI=1S/C22H34N4O3/c27-20-6-2-5-19-17-11-15(13-26(19)20)12-25(14-17)22(29)24-9-7-18(8-10-24)23-21(28)16-3-1-4-16/h15-19H,1-14H2,(H,23,28)/t15-,17-,19-/m1/s1. The summed E-state index contributed by atoms with van der Waals surface area (Å²) in [6.45, 7) is 3.87. The summed E-state index contributed by atoms with van der Waals surface area (Å²) in [6, 6.07) is 0.726. The van der Waals surface area contributed by atoms with Crippen LogP contribution in [0.3, 0.4) is 0 Å². The fourth-order valence-corrected chi connectivity index (χ4v) is 6.17. The predicted molar refractivity (Wildman–Crippen MR) is 108 cm³/mol. The van der Waals surface area contributed by atoms with Crippen LogP contribution in [0.2, 0.25) is 0 Å². The smallest absolute Gasteiger partial charge is 0.320 e. The van der Waals surface area contributed by atoms with Gasteiger partial charge in [-0.3, -0.25) is 9.59 Å². The highest BCUT2D eigenvalue weighted by molar-refractivity contribution is 5.80. The summed E-state index contributed by atoms with van der Waals surface area (Å²) in [6.07, 6.45) is 8.90. The van der Waals surface area contributed by atoms with Crippen LogP contribution in [0.4, 0.5) is 4.79 Å². The number of urea groups is 1. The van der Waals surface area contributed by atoms with E-state index in [0.29, 0.717) is 30.2 Å². The first-order chi connectivity index (χ1) is 14.1. The summed E-state index contributed by atoms with van der Waals surface area (Å²) in [7, 11) is 0. The Kier molecular flexibility index (Phi) is 5.16. The Morgan fingerprint density at radius 2 is 1.69 bits per heavy atom. The second-order valence-corrected chi connectivity index (χ2v) is 9.95. The van der Waals surface area contributed by atoms with Gasteiger partial charge in [0.2, 0.25) is 11.8 Å². The molecule has 0 unspecified atom stereocenters. The van der Waals surface area contributed by atoms with Crippen LogP contribution in [0.15, 0.2) is 0 Å². The molecule has 160 valence electrons. The maximum absolute atomic E-state index is 13.2. The number of likely N-dealkylation sites (tertiary alicyclic amines) is 2. The van der Waals surface area contributed by atoms with E-state index < -0.39 is 0 Å². The van der Waals surface area contributed by atoms with Crippen LogP contribution in [-0.4, -0.2) is 77.4 Å². The van der Waals surface area contributed by atoms with Crippen molar-refractivity contribution in [3.05, 3.63) is 0 Å². The van der Waals surface area contributed by atoms with Gasteiger partial charge in [0.1, 0.15) is 0 Å². The Bertz CT molecular complexity index is 671. The number of hydrogen-bond acceptors (Lipinski definition) is 3. The van der Waals surface area contributed by atoms with Crippen LogP contribution < -0.4 is 5.32 Å². The highest BCUT2D eigenvalue weighted by Gasteiger charge is 2.45. The van der Waals surface area contributed by atoms with Crippen LogP contribution in [0.25, 0.3) is 0 Å². The number of hydrogen-bond donors (Lipinski definition) is 1. The lowest BCUT2D eigenvalue weighted by atomic mass is 9.76.